The molecule has 1 aliphatic heterocycles. The standard InChI is InChI=1S/C12H24N2O3/c1-3-6-17-9-12(15)14-5-4-11(16-2)7-10(14)8-13/h10-11H,3-9,13H2,1-2H3. The predicted octanol–water partition coefficient (Wildman–Crippen LogP) is 0.378. The third-order valence-electron chi connectivity index (χ3n) is 3.17. The molecule has 0 saturated carbocycles. The summed E-state index contributed by atoms with van der Waals surface area (Å²) in [5, 5.41) is 0. The molecule has 0 aliphatic carbocycles. The summed E-state index contributed by atoms with van der Waals surface area (Å²) >= 11 is 0. The molecule has 1 aliphatic rings. The number of rotatable bonds is 6. The molecule has 0 spiro atoms. The van der Waals surface area contributed by atoms with Crippen molar-refractivity contribution in [3.63, 3.8) is 0 Å². The van der Waals surface area contributed by atoms with Gasteiger partial charge in [0, 0.05) is 32.8 Å². The number of hydrogen-bond acceptors (Lipinski definition) is 4. The summed E-state index contributed by atoms with van der Waals surface area (Å²) in [5.74, 6) is 0.0449. The first-order valence-corrected chi connectivity index (χ1v) is 6.33. The van der Waals surface area contributed by atoms with Crippen molar-refractivity contribution in [3.8, 4) is 0 Å². The van der Waals surface area contributed by atoms with Crippen LogP contribution in [0.5, 0.6) is 0 Å². The molecule has 0 aromatic rings. The fourth-order valence-electron chi connectivity index (χ4n) is 2.17. The highest BCUT2D eigenvalue weighted by atomic mass is 16.5. The van der Waals surface area contributed by atoms with E-state index < -0.39 is 0 Å². The van der Waals surface area contributed by atoms with Gasteiger partial charge in [-0.25, -0.2) is 0 Å². The summed E-state index contributed by atoms with van der Waals surface area (Å²) in [6.07, 6.45) is 2.86. The van der Waals surface area contributed by atoms with Gasteiger partial charge in [-0.1, -0.05) is 6.92 Å². The lowest BCUT2D eigenvalue weighted by Gasteiger charge is -2.38. The number of likely N-dealkylation sites (tertiary alicyclic amines) is 1. The van der Waals surface area contributed by atoms with Crippen molar-refractivity contribution in [2.75, 3.05) is 33.4 Å². The molecule has 0 bridgehead atoms. The molecule has 2 atom stereocenters. The Labute approximate surface area is 103 Å². The van der Waals surface area contributed by atoms with Gasteiger partial charge in [0.05, 0.1) is 6.10 Å². The Morgan fingerprint density at radius 1 is 1.53 bits per heavy atom. The van der Waals surface area contributed by atoms with Crippen molar-refractivity contribution in [1.82, 2.24) is 4.90 Å². The quantitative estimate of drug-likeness (QED) is 0.686. The van der Waals surface area contributed by atoms with Crippen LogP contribution >= 0.6 is 0 Å². The molecular formula is C12H24N2O3. The molecule has 0 radical (unpaired) electrons. The highest BCUT2D eigenvalue weighted by Gasteiger charge is 2.30. The average Bonchev–Trinajstić information content (AvgIpc) is 2.38. The lowest BCUT2D eigenvalue weighted by molar-refractivity contribution is -0.141. The minimum absolute atomic E-state index is 0.0449. The number of nitrogens with two attached hydrogens (primary N) is 1. The Bertz CT molecular complexity index is 236. The summed E-state index contributed by atoms with van der Waals surface area (Å²) in [5.41, 5.74) is 5.71. The summed E-state index contributed by atoms with van der Waals surface area (Å²) < 4.78 is 10.6. The molecule has 2 unspecified atom stereocenters. The molecule has 1 amide bonds. The van der Waals surface area contributed by atoms with Gasteiger partial charge in [-0.2, -0.15) is 0 Å². The first kappa shape index (κ1) is 14.4. The van der Waals surface area contributed by atoms with E-state index in [1.54, 1.807) is 7.11 Å². The molecule has 17 heavy (non-hydrogen) atoms. The van der Waals surface area contributed by atoms with E-state index in [2.05, 4.69) is 0 Å². The van der Waals surface area contributed by atoms with Crippen LogP contribution in [0.15, 0.2) is 0 Å². The fraction of sp³-hybridized carbons (Fsp3) is 0.917. The number of methoxy groups -OCH3 is 1. The first-order valence-electron chi connectivity index (χ1n) is 6.33. The minimum Gasteiger partial charge on any atom is -0.381 e. The fourth-order valence-corrected chi connectivity index (χ4v) is 2.17. The molecule has 0 aromatic carbocycles. The lowest BCUT2D eigenvalue weighted by atomic mass is 9.99. The second kappa shape index (κ2) is 7.63. The van der Waals surface area contributed by atoms with Crippen LogP contribution < -0.4 is 5.73 Å². The van der Waals surface area contributed by atoms with Gasteiger partial charge < -0.3 is 20.1 Å². The SMILES string of the molecule is CCCOCC(=O)N1CCC(OC)CC1CN. The van der Waals surface area contributed by atoms with Crippen LogP contribution in [0.4, 0.5) is 0 Å². The van der Waals surface area contributed by atoms with E-state index in [0.29, 0.717) is 19.7 Å². The van der Waals surface area contributed by atoms with Crippen LogP contribution in [0.3, 0.4) is 0 Å². The van der Waals surface area contributed by atoms with Gasteiger partial charge in [0.2, 0.25) is 5.91 Å². The Kier molecular flexibility index (Phi) is 6.47. The van der Waals surface area contributed by atoms with Gasteiger partial charge in [0.25, 0.3) is 0 Å². The van der Waals surface area contributed by atoms with Crippen molar-refractivity contribution in [1.29, 1.82) is 0 Å². The lowest BCUT2D eigenvalue weighted by Crippen LogP contribution is -2.52. The van der Waals surface area contributed by atoms with Crippen LogP contribution in [-0.2, 0) is 14.3 Å². The Balaban J connectivity index is 2.43. The van der Waals surface area contributed by atoms with Gasteiger partial charge in [0.1, 0.15) is 6.61 Å². The van der Waals surface area contributed by atoms with Crippen LogP contribution in [0.2, 0.25) is 0 Å². The van der Waals surface area contributed by atoms with Crippen molar-refractivity contribution in [3.05, 3.63) is 0 Å². The highest BCUT2D eigenvalue weighted by Crippen LogP contribution is 2.19. The smallest absolute Gasteiger partial charge is 0.248 e. The Morgan fingerprint density at radius 2 is 2.29 bits per heavy atom. The van der Waals surface area contributed by atoms with E-state index in [4.69, 9.17) is 15.2 Å². The highest BCUT2D eigenvalue weighted by molar-refractivity contribution is 5.78. The summed E-state index contributed by atoms with van der Waals surface area (Å²) in [6.45, 7) is 4.03. The van der Waals surface area contributed by atoms with Gasteiger partial charge >= 0.3 is 0 Å². The number of hydrogen-bond donors (Lipinski definition) is 1. The number of piperidine rings is 1. The first-order chi connectivity index (χ1) is 8.22. The summed E-state index contributed by atoms with van der Waals surface area (Å²) in [4.78, 5) is 13.8. The second-order valence-corrected chi connectivity index (χ2v) is 4.41. The van der Waals surface area contributed by atoms with E-state index in [0.717, 1.165) is 19.3 Å². The van der Waals surface area contributed by atoms with E-state index in [1.165, 1.54) is 0 Å². The topological polar surface area (TPSA) is 64.8 Å². The number of amides is 1. The molecule has 2 N–H and O–H groups in total. The molecule has 0 aromatic heterocycles. The van der Waals surface area contributed by atoms with Crippen LogP contribution in [0.25, 0.3) is 0 Å². The zero-order chi connectivity index (χ0) is 12.7. The van der Waals surface area contributed by atoms with Crippen molar-refractivity contribution >= 4 is 5.91 Å². The van der Waals surface area contributed by atoms with E-state index in [1.807, 2.05) is 11.8 Å². The molecule has 5 heteroatoms. The van der Waals surface area contributed by atoms with E-state index in [-0.39, 0.29) is 24.7 Å². The van der Waals surface area contributed by atoms with Gasteiger partial charge in [-0.15, -0.1) is 0 Å². The molecule has 100 valence electrons. The number of carbonyl (C=O) groups excluding carboxylic acids is 1. The van der Waals surface area contributed by atoms with E-state index >= 15 is 0 Å². The molecule has 1 rings (SSSR count). The summed E-state index contributed by atoms with van der Waals surface area (Å²) in [7, 11) is 1.71. The third-order valence-corrected chi connectivity index (χ3v) is 3.17. The maximum atomic E-state index is 11.9. The van der Waals surface area contributed by atoms with E-state index in [9.17, 15) is 4.79 Å². The maximum Gasteiger partial charge on any atom is 0.248 e. The molecule has 1 fully saturated rings. The minimum atomic E-state index is 0.0449. The van der Waals surface area contributed by atoms with Gasteiger partial charge in [-0.05, 0) is 19.3 Å². The average molecular weight is 244 g/mol. The number of ether oxygens (including phenoxy) is 2. The van der Waals surface area contributed by atoms with Crippen molar-refractivity contribution in [2.24, 2.45) is 5.73 Å². The van der Waals surface area contributed by atoms with Crippen LogP contribution in [-0.4, -0.2) is 56.4 Å². The third kappa shape index (κ3) is 4.26. The zero-order valence-corrected chi connectivity index (χ0v) is 10.9. The van der Waals surface area contributed by atoms with Gasteiger partial charge in [0.15, 0.2) is 0 Å². The monoisotopic (exact) mass is 244 g/mol. The Morgan fingerprint density at radius 3 is 2.88 bits per heavy atom. The van der Waals surface area contributed by atoms with Crippen molar-refractivity contribution in [2.45, 2.75) is 38.3 Å². The molecular weight excluding hydrogens is 220 g/mol. The second-order valence-electron chi connectivity index (χ2n) is 4.41. The largest absolute Gasteiger partial charge is 0.381 e. The van der Waals surface area contributed by atoms with Crippen LogP contribution in [0, 0.1) is 0 Å². The molecule has 5 nitrogen and oxygen atoms in total. The zero-order valence-electron chi connectivity index (χ0n) is 10.9. The van der Waals surface area contributed by atoms with Crippen LogP contribution in [0.1, 0.15) is 26.2 Å². The predicted molar refractivity (Wildman–Crippen MR) is 65.7 cm³/mol. The molecule has 1 heterocycles. The molecule has 1 saturated heterocycles. The Hall–Kier alpha value is -0.650. The van der Waals surface area contributed by atoms with Crippen molar-refractivity contribution < 1.29 is 14.3 Å². The maximum absolute atomic E-state index is 11.9. The normalized spacial score (nSPS) is 25.0. The number of carbonyl (C=O) groups is 1. The summed E-state index contributed by atoms with van der Waals surface area (Å²) in [6, 6.07) is 0.0893. The van der Waals surface area contributed by atoms with Gasteiger partial charge in [-0.3, -0.25) is 4.79 Å². The number of nitrogens with zero attached hydrogens (tertiary/aromatic N) is 1.